The second-order valence-corrected chi connectivity index (χ2v) is 5.51. The average molecular weight is 284 g/mol. The molecule has 1 amide bonds. The number of benzene rings is 1. The van der Waals surface area contributed by atoms with E-state index in [1.165, 1.54) is 11.3 Å². The lowest BCUT2D eigenvalue weighted by Crippen LogP contribution is -2.49. The van der Waals surface area contributed by atoms with Crippen LogP contribution in [0.4, 0.5) is 5.69 Å². The third-order valence-electron chi connectivity index (χ3n) is 3.97. The fourth-order valence-electron chi connectivity index (χ4n) is 2.72. The van der Waals surface area contributed by atoms with Crippen molar-refractivity contribution in [2.75, 3.05) is 31.1 Å². The van der Waals surface area contributed by atoms with E-state index < -0.39 is 0 Å². The summed E-state index contributed by atoms with van der Waals surface area (Å²) < 4.78 is 1.77. The molecule has 1 aromatic heterocycles. The van der Waals surface area contributed by atoms with Gasteiger partial charge in [0.05, 0.1) is 12.5 Å². The number of nitrogens with zero attached hydrogens (tertiary/aromatic N) is 4. The van der Waals surface area contributed by atoms with Gasteiger partial charge in [-0.1, -0.05) is 12.1 Å². The minimum Gasteiger partial charge on any atom is -0.368 e. The molecule has 0 atom stereocenters. The monoisotopic (exact) mass is 284 g/mol. The minimum absolute atomic E-state index is 0.0684. The Hall–Kier alpha value is -2.30. The van der Waals surface area contributed by atoms with Crippen molar-refractivity contribution in [1.82, 2.24) is 14.5 Å². The van der Waals surface area contributed by atoms with E-state index >= 15 is 0 Å². The van der Waals surface area contributed by atoms with Gasteiger partial charge in [0.1, 0.15) is 5.69 Å². The van der Waals surface area contributed by atoms with E-state index in [2.05, 4.69) is 41.1 Å². The Bertz CT molecular complexity index is 641. The van der Waals surface area contributed by atoms with E-state index in [0.29, 0.717) is 5.69 Å². The van der Waals surface area contributed by atoms with Gasteiger partial charge in [-0.25, -0.2) is 4.98 Å². The number of piperazine rings is 1. The molecule has 1 saturated heterocycles. The highest BCUT2D eigenvalue weighted by Gasteiger charge is 2.23. The molecular formula is C16H20N4O. The molecule has 21 heavy (non-hydrogen) atoms. The smallest absolute Gasteiger partial charge is 0.272 e. The maximum absolute atomic E-state index is 12.4. The van der Waals surface area contributed by atoms with Crippen molar-refractivity contribution in [2.24, 2.45) is 7.05 Å². The average Bonchev–Trinajstić information content (AvgIpc) is 2.93. The van der Waals surface area contributed by atoms with Crippen molar-refractivity contribution in [3.63, 3.8) is 0 Å². The summed E-state index contributed by atoms with van der Waals surface area (Å²) in [4.78, 5) is 20.7. The lowest BCUT2D eigenvalue weighted by atomic mass is 10.2. The molecule has 1 aliphatic heterocycles. The topological polar surface area (TPSA) is 41.4 Å². The molecule has 1 fully saturated rings. The predicted molar refractivity (Wildman–Crippen MR) is 82.5 cm³/mol. The Kier molecular flexibility index (Phi) is 3.64. The Morgan fingerprint density at radius 1 is 1.19 bits per heavy atom. The van der Waals surface area contributed by atoms with Crippen LogP contribution in [0.3, 0.4) is 0 Å². The van der Waals surface area contributed by atoms with Gasteiger partial charge in [0.15, 0.2) is 0 Å². The van der Waals surface area contributed by atoms with Crippen LogP contribution >= 0.6 is 0 Å². The first kappa shape index (κ1) is 13.7. The first-order valence-corrected chi connectivity index (χ1v) is 7.22. The summed E-state index contributed by atoms with van der Waals surface area (Å²) in [7, 11) is 1.85. The number of carbonyl (C=O) groups is 1. The van der Waals surface area contributed by atoms with Gasteiger partial charge in [0.2, 0.25) is 0 Å². The van der Waals surface area contributed by atoms with Gasteiger partial charge < -0.3 is 14.4 Å². The largest absolute Gasteiger partial charge is 0.368 e. The summed E-state index contributed by atoms with van der Waals surface area (Å²) in [5, 5.41) is 0. The van der Waals surface area contributed by atoms with Gasteiger partial charge in [0, 0.05) is 38.9 Å². The van der Waals surface area contributed by atoms with E-state index in [4.69, 9.17) is 0 Å². The molecule has 1 aliphatic rings. The molecule has 110 valence electrons. The normalized spacial score (nSPS) is 15.3. The fourth-order valence-corrected chi connectivity index (χ4v) is 2.72. The summed E-state index contributed by atoms with van der Waals surface area (Å²) in [6.07, 6.45) is 3.30. The third kappa shape index (κ3) is 2.77. The first-order valence-electron chi connectivity index (χ1n) is 7.22. The van der Waals surface area contributed by atoms with E-state index in [-0.39, 0.29) is 5.91 Å². The number of aryl methyl sites for hydroxylation is 2. The molecule has 0 bridgehead atoms. The van der Waals surface area contributed by atoms with E-state index in [9.17, 15) is 4.79 Å². The Labute approximate surface area is 124 Å². The van der Waals surface area contributed by atoms with Gasteiger partial charge in [-0.3, -0.25) is 4.79 Å². The van der Waals surface area contributed by atoms with E-state index in [1.807, 2.05) is 11.9 Å². The lowest BCUT2D eigenvalue weighted by Gasteiger charge is -2.36. The highest BCUT2D eigenvalue weighted by atomic mass is 16.2. The van der Waals surface area contributed by atoms with Crippen LogP contribution in [0.5, 0.6) is 0 Å². The van der Waals surface area contributed by atoms with Gasteiger partial charge >= 0.3 is 0 Å². The molecule has 3 rings (SSSR count). The quantitative estimate of drug-likeness (QED) is 0.842. The van der Waals surface area contributed by atoms with E-state index in [1.54, 1.807) is 17.1 Å². The Morgan fingerprint density at radius 2 is 1.95 bits per heavy atom. The first-order chi connectivity index (χ1) is 10.1. The molecule has 2 aromatic rings. The minimum atomic E-state index is 0.0684. The molecular weight excluding hydrogens is 264 g/mol. The fraction of sp³-hybridized carbons (Fsp3) is 0.375. The van der Waals surface area contributed by atoms with Crippen molar-refractivity contribution in [3.8, 4) is 0 Å². The molecule has 0 unspecified atom stereocenters. The second kappa shape index (κ2) is 5.60. The van der Waals surface area contributed by atoms with Gasteiger partial charge in [0.25, 0.3) is 5.91 Å². The third-order valence-corrected chi connectivity index (χ3v) is 3.97. The van der Waals surface area contributed by atoms with Crippen molar-refractivity contribution in [3.05, 3.63) is 48.0 Å². The SMILES string of the molecule is Cc1cccc(N2CCN(C(=O)c3cncn3C)CC2)c1. The molecule has 1 aromatic carbocycles. The summed E-state index contributed by atoms with van der Waals surface area (Å²) >= 11 is 0. The molecule has 2 heterocycles. The maximum atomic E-state index is 12.4. The van der Waals surface area contributed by atoms with Gasteiger partial charge in [-0.2, -0.15) is 0 Å². The van der Waals surface area contributed by atoms with Crippen molar-refractivity contribution < 1.29 is 4.79 Å². The van der Waals surface area contributed by atoms with Crippen molar-refractivity contribution in [2.45, 2.75) is 6.92 Å². The summed E-state index contributed by atoms with van der Waals surface area (Å²) in [5.41, 5.74) is 3.16. The number of rotatable bonds is 2. The molecule has 0 saturated carbocycles. The zero-order valence-corrected chi connectivity index (χ0v) is 12.5. The standard InChI is InChI=1S/C16H20N4O/c1-13-4-3-5-14(10-13)19-6-8-20(9-7-19)16(21)15-11-17-12-18(15)2/h3-5,10-12H,6-9H2,1-2H3. The molecule has 5 nitrogen and oxygen atoms in total. The molecule has 0 spiro atoms. The van der Waals surface area contributed by atoms with Gasteiger partial charge in [-0.05, 0) is 24.6 Å². The zero-order valence-electron chi connectivity index (χ0n) is 12.5. The Morgan fingerprint density at radius 3 is 2.57 bits per heavy atom. The number of hydrogen-bond acceptors (Lipinski definition) is 3. The number of anilines is 1. The molecule has 5 heteroatoms. The van der Waals surface area contributed by atoms with Crippen molar-refractivity contribution >= 4 is 11.6 Å². The van der Waals surface area contributed by atoms with Crippen LogP contribution in [-0.2, 0) is 7.05 Å². The summed E-state index contributed by atoms with van der Waals surface area (Å²) in [6.45, 7) is 5.33. The molecule has 0 aliphatic carbocycles. The number of aromatic nitrogens is 2. The van der Waals surface area contributed by atoms with Crippen molar-refractivity contribution in [1.29, 1.82) is 0 Å². The van der Waals surface area contributed by atoms with Crippen LogP contribution in [0.1, 0.15) is 16.1 Å². The number of imidazole rings is 1. The van der Waals surface area contributed by atoms with Crippen LogP contribution in [-0.4, -0.2) is 46.5 Å². The summed E-state index contributed by atoms with van der Waals surface area (Å²) in [6, 6.07) is 8.51. The number of carbonyl (C=O) groups excluding carboxylic acids is 1. The second-order valence-electron chi connectivity index (χ2n) is 5.51. The van der Waals surface area contributed by atoms with E-state index in [0.717, 1.165) is 26.2 Å². The van der Waals surface area contributed by atoms with Gasteiger partial charge in [-0.15, -0.1) is 0 Å². The van der Waals surface area contributed by atoms with Crippen LogP contribution in [0.2, 0.25) is 0 Å². The number of hydrogen-bond donors (Lipinski definition) is 0. The predicted octanol–water partition coefficient (Wildman–Crippen LogP) is 1.69. The Balaban J connectivity index is 1.65. The molecule has 0 N–H and O–H groups in total. The summed E-state index contributed by atoms with van der Waals surface area (Å²) in [5.74, 6) is 0.0684. The highest BCUT2D eigenvalue weighted by molar-refractivity contribution is 5.92. The van der Waals surface area contributed by atoms with Crippen LogP contribution in [0.25, 0.3) is 0 Å². The lowest BCUT2D eigenvalue weighted by molar-refractivity contribution is 0.0737. The highest BCUT2D eigenvalue weighted by Crippen LogP contribution is 2.18. The maximum Gasteiger partial charge on any atom is 0.272 e. The van der Waals surface area contributed by atoms with Crippen LogP contribution < -0.4 is 4.90 Å². The zero-order chi connectivity index (χ0) is 14.8. The van der Waals surface area contributed by atoms with Crippen LogP contribution in [0, 0.1) is 6.92 Å². The number of amides is 1. The molecule has 0 radical (unpaired) electrons. The van der Waals surface area contributed by atoms with Crippen LogP contribution in [0.15, 0.2) is 36.8 Å².